The van der Waals surface area contributed by atoms with Crippen LogP contribution in [-0.2, 0) is 82.9 Å². The number of hydrogen-bond acceptors (Lipinski definition) is 24. The fourth-order valence-corrected chi connectivity index (χ4v) is 14.7. The van der Waals surface area contributed by atoms with Gasteiger partial charge < -0.3 is 100 Å². The molecule has 0 unspecified atom stereocenters. The number of primary amides is 1. The molecular weight excluding hydrogens is 1450 g/mol. The summed E-state index contributed by atoms with van der Waals surface area (Å²) in [6.45, 7) is 8.74. The van der Waals surface area contributed by atoms with Gasteiger partial charge in [0.05, 0.1) is 55.8 Å². The van der Waals surface area contributed by atoms with E-state index in [2.05, 4.69) is 26.6 Å². The second-order valence-corrected chi connectivity index (χ2v) is 28.9. The van der Waals surface area contributed by atoms with Crippen LogP contribution in [0.4, 0.5) is 20.1 Å². The van der Waals surface area contributed by atoms with E-state index in [9.17, 15) is 63.3 Å². The number of nitrogens with zero attached hydrogens (tertiary/aromatic N) is 2. The molecule has 33 heteroatoms. The number of aliphatic carboxylic acids is 1. The van der Waals surface area contributed by atoms with E-state index in [0.29, 0.717) is 5.56 Å². The number of Topliss-reactive ketones (excluding diaryl/α,β-unsaturated/α-hetero) is 1. The van der Waals surface area contributed by atoms with Gasteiger partial charge in [-0.15, -0.1) is 0 Å². The number of aliphatic hydroxyl groups is 3. The van der Waals surface area contributed by atoms with Gasteiger partial charge in [0.1, 0.15) is 48.6 Å². The van der Waals surface area contributed by atoms with Gasteiger partial charge in [0.15, 0.2) is 17.5 Å². The topological polar surface area (TPSA) is 469 Å². The molecule has 2 bridgehead atoms. The number of benzene rings is 4. The molecule has 11 N–H and O–H groups in total. The molecule has 600 valence electrons. The highest BCUT2D eigenvalue weighted by atomic mass is 16.6. The van der Waals surface area contributed by atoms with Crippen molar-refractivity contribution in [2.75, 3.05) is 65.0 Å². The number of esters is 4. The number of carbonyl (C=O) groups is 13. The molecule has 1 saturated heterocycles. The van der Waals surface area contributed by atoms with E-state index in [0.717, 1.165) is 23.6 Å². The van der Waals surface area contributed by atoms with Gasteiger partial charge in [-0.1, -0.05) is 107 Å². The number of carbonyl (C=O) groups excluding carboxylic acids is 12. The average molecular weight is 1550 g/mol. The van der Waals surface area contributed by atoms with Gasteiger partial charge >= 0.3 is 48.1 Å². The maximum Gasteiger partial charge on any atom is 0.410 e. The molecule has 13 atom stereocenters. The highest BCUT2D eigenvalue weighted by Gasteiger charge is 2.78. The smallest absolute Gasteiger partial charge is 0.410 e. The molecule has 3 aliphatic carbocycles. The molecule has 8 rings (SSSR count). The Labute approximate surface area is 640 Å². The van der Waals surface area contributed by atoms with Crippen molar-refractivity contribution in [2.45, 2.75) is 166 Å². The summed E-state index contributed by atoms with van der Waals surface area (Å²) < 4.78 is 48.8. The number of ketones is 1. The molecule has 0 radical (unpaired) electrons. The number of rotatable bonds is 34. The summed E-state index contributed by atoms with van der Waals surface area (Å²) in [5.41, 5.74) is -2.55. The zero-order chi connectivity index (χ0) is 81.3. The first-order valence-electron chi connectivity index (χ1n) is 36.4. The fraction of sp³-hybridized carbons (Fsp3) is 0.500. The van der Waals surface area contributed by atoms with Gasteiger partial charge in [0, 0.05) is 83.0 Å². The van der Waals surface area contributed by atoms with E-state index >= 15 is 14.4 Å². The van der Waals surface area contributed by atoms with Crippen molar-refractivity contribution in [3.63, 3.8) is 0 Å². The molecule has 0 spiro atoms. The highest BCUT2D eigenvalue weighted by Crippen LogP contribution is 2.64. The van der Waals surface area contributed by atoms with Gasteiger partial charge in [0.25, 0.3) is 5.91 Å². The third-order valence-electron chi connectivity index (χ3n) is 20.7. The van der Waals surface area contributed by atoms with Crippen molar-refractivity contribution in [1.29, 1.82) is 0 Å². The molecule has 3 fully saturated rings. The van der Waals surface area contributed by atoms with Crippen LogP contribution in [0.3, 0.4) is 0 Å². The Morgan fingerprint density at radius 1 is 0.748 bits per heavy atom. The van der Waals surface area contributed by atoms with Crippen molar-refractivity contribution in [2.24, 2.45) is 28.4 Å². The molecule has 8 amide bonds. The van der Waals surface area contributed by atoms with E-state index in [1.54, 1.807) is 68.4 Å². The molecule has 4 aliphatic rings. The zero-order valence-electron chi connectivity index (χ0n) is 63.3. The Hall–Kier alpha value is -10.9. The minimum absolute atomic E-state index is 0.000760. The number of ether oxygens (including phenoxy) is 8. The van der Waals surface area contributed by atoms with Crippen LogP contribution in [-0.4, -0.2) is 227 Å². The Morgan fingerprint density at radius 2 is 1.39 bits per heavy atom. The number of aliphatic hydroxyl groups excluding tert-OH is 2. The number of amides is 8. The molecule has 1 heterocycles. The number of anilines is 1. The predicted octanol–water partition coefficient (Wildman–Crippen LogP) is 4.34. The average Bonchev–Trinajstić information content (AvgIpc) is 0.668. The Bertz CT molecular complexity index is 4070. The van der Waals surface area contributed by atoms with Crippen LogP contribution in [0.1, 0.15) is 132 Å². The summed E-state index contributed by atoms with van der Waals surface area (Å²) >= 11 is 0. The first-order valence-corrected chi connectivity index (χ1v) is 36.4. The molecule has 111 heavy (non-hydrogen) atoms. The van der Waals surface area contributed by atoms with Gasteiger partial charge in [-0.05, 0) is 91.3 Å². The van der Waals surface area contributed by atoms with Crippen molar-refractivity contribution in [1.82, 2.24) is 31.1 Å². The Kier molecular flexibility index (Phi) is 29.1. The minimum Gasteiger partial charge on any atom is -0.481 e. The molecule has 4 aromatic carbocycles. The summed E-state index contributed by atoms with van der Waals surface area (Å²) in [5.74, 6) is -11.5. The number of urea groups is 1. The molecule has 4 aromatic rings. The van der Waals surface area contributed by atoms with Crippen LogP contribution in [0.5, 0.6) is 0 Å². The number of carboxylic acid groups (broad SMARTS) is 1. The van der Waals surface area contributed by atoms with Crippen molar-refractivity contribution in [3.8, 4) is 0 Å². The molecule has 0 aromatic heterocycles. The quantitative estimate of drug-likeness (QED) is 0.0135. The van der Waals surface area contributed by atoms with E-state index in [4.69, 9.17) is 48.7 Å². The van der Waals surface area contributed by atoms with Gasteiger partial charge in [-0.25, -0.2) is 24.0 Å². The van der Waals surface area contributed by atoms with Gasteiger partial charge in [0.2, 0.25) is 23.8 Å². The SMILES string of the molecule is CC(=O)O[C@H]1C(=O)[C@@]2(C)[C@H]([C@H](OC(=O)c3ccccc3)[C@]3(O)C[C@H](OC(=O)[C@H](OC(=O)N(CCOCCO)CCN(C)C(=O)OCc4ccc(NC(=O)[C@H](CCCNC(N)=O)NC(=O)[C@@H](NC(=O)CCC(=O)O)C(C)C)cc4)[C@@H](NC(=O)c4ccccc4)c4ccccc4)C(C)=C1C3(C)C)[C@]1(OC(C)=O)CO[C@@H]1C[C@@H]2O. The normalized spacial score (nSPS) is 23.2. The summed E-state index contributed by atoms with van der Waals surface area (Å²) in [5, 5.41) is 58.5. The van der Waals surface area contributed by atoms with E-state index in [1.807, 2.05) is 0 Å². The molecule has 2 saturated carbocycles. The van der Waals surface area contributed by atoms with Crippen molar-refractivity contribution in [3.05, 3.63) is 149 Å². The van der Waals surface area contributed by atoms with E-state index in [-0.39, 0.29) is 98.8 Å². The first kappa shape index (κ1) is 85.7. The fourth-order valence-electron chi connectivity index (χ4n) is 14.7. The predicted molar refractivity (Wildman–Crippen MR) is 392 cm³/mol. The molecule has 33 nitrogen and oxygen atoms in total. The summed E-state index contributed by atoms with van der Waals surface area (Å²) in [4.78, 5) is 182. The zero-order valence-corrected chi connectivity index (χ0v) is 63.3. The maximum absolute atomic E-state index is 16.1. The second kappa shape index (κ2) is 37.7. The third-order valence-corrected chi connectivity index (χ3v) is 20.7. The first-order chi connectivity index (χ1) is 52.6. The molecule has 1 aliphatic heterocycles. The van der Waals surface area contributed by atoms with Crippen LogP contribution in [0.15, 0.2) is 126 Å². The van der Waals surface area contributed by atoms with Gasteiger partial charge in [-0.2, -0.15) is 0 Å². The van der Waals surface area contributed by atoms with Crippen LogP contribution in [0.2, 0.25) is 0 Å². The lowest BCUT2D eigenvalue weighted by atomic mass is 9.44. The number of fused-ring (bicyclic) bond motifs is 5. The Balaban J connectivity index is 1.08. The van der Waals surface area contributed by atoms with Crippen LogP contribution in [0.25, 0.3) is 0 Å². The number of likely N-dealkylation sites (N-methyl/N-ethyl adjacent to an activating group) is 1. The number of carboxylic acids is 1. The standard InChI is InChI=1S/C78H98N8O25/c1-44(2)60(83-57(91)31-32-58(92)93)69(97)82-53(26-19-33-80-72(79)100)68(96)81-52-29-27-48(28-30-52)42-105-73(101)85(9)34-35-86(36-38-104-39-37-87)74(102)109-63(61(49-20-13-10-14-21-49)84-67(95)50-22-15-11-16-23-50)71(99)108-54-41-78(103)66(110-70(98)51-24-17-12-18-25-51)64-76(8,55(90)40-56-77(64,43-106-56)111-47(5)89)65(94)62(107-46(4)88)59(45(54)3)75(78,6)7/h10-18,20-25,27-30,44,53-56,60-64,66,87,90,103H,19,26,31-43H2,1-9H3,(H,81,96)(H,82,97)(H,83,91)(H,84,95)(H,92,93)(H3,79,80,100)/t53-,54-,55-,56+,60-,61-,62+,63+,64-,66-,76+,77-,78+/m0/s1. The second-order valence-electron chi connectivity index (χ2n) is 28.9. The van der Waals surface area contributed by atoms with Crippen molar-refractivity contribution < 1.29 is 121 Å². The summed E-state index contributed by atoms with van der Waals surface area (Å²) in [7, 11) is 1.36. The van der Waals surface area contributed by atoms with E-state index < -0.39 is 199 Å². The van der Waals surface area contributed by atoms with Crippen LogP contribution in [0, 0.1) is 22.7 Å². The van der Waals surface area contributed by atoms with Gasteiger partial charge in [-0.3, -0.25) is 38.4 Å². The number of nitrogens with one attached hydrogen (secondary N) is 5. The van der Waals surface area contributed by atoms with E-state index in [1.165, 1.54) is 95.4 Å². The summed E-state index contributed by atoms with van der Waals surface area (Å²) in [6, 6.07) is 24.6. The third kappa shape index (κ3) is 20.4. The number of hydrogen-bond donors (Lipinski definition) is 10. The lowest BCUT2D eigenvalue weighted by molar-refractivity contribution is -0.346. The van der Waals surface area contributed by atoms with Crippen LogP contribution >= 0.6 is 0 Å². The monoisotopic (exact) mass is 1550 g/mol. The largest absolute Gasteiger partial charge is 0.481 e. The lowest BCUT2D eigenvalue weighted by Gasteiger charge is -2.67. The summed E-state index contributed by atoms with van der Waals surface area (Å²) in [6.07, 6.45) is -14.7. The van der Waals surface area contributed by atoms with Crippen LogP contribution < -0.4 is 32.3 Å². The lowest BCUT2D eigenvalue weighted by Crippen LogP contribution is -2.82. The highest BCUT2D eigenvalue weighted by molar-refractivity contribution is 5.99. The van der Waals surface area contributed by atoms with Crippen molar-refractivity contribution >= 4 is 83.2 Å². The minimum atomic E-state index is -2.61. The maximum atomic E-state index is 16.1. The molecular formula is C78H98N8O25. The Morgan fingerprint density at radius 3 is 1.97 bits per heavy atom. The number of nitrogens with two attached hydrogens (primary N) is 1.